The van der Waals surface area contributed by atoms with Crippen molar-refractivity contribution in [3.8, 4) is 5.75 Å². The van der Waals surface area contributed by atoms with Gasteiger partial charge in [-0.25, -0.2) is 0 Å². The molecule has 1 aromatic carbocycles. The Morgan fingerprint density at radius 3 is 2.87 bits per heavy atom. The molecule has 1 N–H and O–H groups in total. The van der Waals surface area contributed by atoms with Gasteiger partial charge in [0.1, 0.15) is 5.75 Å². The van der Waals surface area contributed by atoms with Gasteiger partial charge in [0.05, 0.1) is 0 Å². The summed E-state index contributed by atoms with van der Waals surface area (Å²) < 4.78 is 4.88. The highest BCUT2D eigenvalue weighted by Crippen LogP contribution is 2.29. The Balaban J connectivity index is 2.63. The summed E-state index contributed by atoms with van der Waals surface area (Å²) in [6.07, 6.45) is 1.89. The summed E-state index contributed by atoms with van der Waals surface area (Å²) in [5.74, 6) is 0.988. The van der Waals surface area contributed by atoms with Crippen LogP contribution in [0.25, 0.3) is 10.9 Å². The van der Waals surface area contributed by atoms with Crippen LogP contribution in [-0.4, -0.2) is 11.5 Å². The Bertz CT molecular complexity index is 485. The standard InChI is InChI=1S/C12H13NO2/c1-8(2)11-6-10(15-7-14)5-9-3-4-13-12(9)11/h3-8,13H,1-2H3. The lowest BCUT2D eigenvalue weighted by molar-refractivity contribution is -0.120. The summed E-state index contributed by atoms with van der Waals surface area (Å²) in [5, 5.41) is 1.07. The highest BCUT2D eigenvalue weighted by atomic mass is 16.5. The van der Waals surface area contributed by atoms with Crippen molar-refractivity contribution in [1.82, 2.24) is 4.98 Å². The number of rotatable bonds is 3. The molecule has 0 unspecified atom stereocenters. The number of benzene rings is 1. The van der Waals surface area contributed by atoms with Crippen LogP contribution in [0.1, 0.15) is 25.3 Å². The first-order valence-electron chi connectivity index (χ1n) is 4.93. The van der Waals surface area contributed by atoms with E-state index in [4.69, 9.17) is 4.74 Å². The summed E-state index contributed by atoms with van der Waals surface area (Å²) in [6.45, 7) is 4.68. The van der Waals surface area contributed by atoms with Crippen LogP contribution in [0.3, 0.4) is 0 Å². The Morgan fingerprint density at radius 1 is 1.40 bits per heavy atom. The molecule has 0 atom stereocenters. The van der Waals surface area contributed by atoms with Crippen LogP contribution >= 0.6 is 0 Å². The monoisotopic (exact) mass is 203 g/mol. The van der Waals surface area contributed by atoms with Crippen LogP contribution < -0.4 is 4.74 Å². The second-order valence-electron chi connectivity index (χ2n) is 3.82. The number of aromatic amines is 1. The van der Waals surface area contributed by atoms with Crippen molar-refractivity contribution in [1.29, 1.82) is 0 Å². The molecule has 3 nitrogen and oxygen atoms in total. The zero-order valence-corrected chi connectivity index (χ0v) is 8.78. The number of aromatic nitrogens is 1. The normalized spacial score (nSPS) is 10.9. The van der Waals surface area contributed by atoms with Gasteiger partial charge < -0.3 is 9.72 Å². The van der Waals surface area contributed by atoms with Crippen molar-refractivity contribution in [2.75, 3.05) is 0 Å². The van der Waals surface area contributed by atoms with Crippen molar-refractivity contribution >= 4 is 17.4 Å². The molecule has 0 bridgehead atoms. The van der Waals surface area contributed by atoms with E-state index >= 15 is 0 Å². The molecule has 0 aliphatic rings. The molecule has 0 aliphatic heterocycles. The first-order chi connectivity index (χ1) is 7.22. The Kier molecular flexibility index (Phi) is 2.46. The summed E-state index contributed by atoms with van der Waals surface area (Å²) >= 11 is 0. The van der Waals surface area contributed by atoms with E-state index in [-0.39, 0.29) is 0 Å². The molecule has 78 valence electrons. The van der Waals surface area contributed by atoms with Crippen LogP contribution in [0.4, 0.5) is 0 Å². The van der Waals surface area contributed by atoms with Gasteiger partial charge in [0, 0.05) is 17.1 Å². The van der Waals surface area contributed by atoms with Crippen molar-refractivity contribution in [3.63, 3.8) is 0 Å². The van der Waals surface area contributed by atoms with Gasteiger partial charge in [0.2, 0.25) is 0 Å². The van der Waals surface area contributed by atoms with Crippen LogP contribution in [0.15, 0.2) is 24.4 Å². The van der Waals surface area contributed by atoms with Crippen molar-refractivity contribution < 1.29 is 9.53 Å². The summed E-state index contributed by atoms with van der Waals surface area (Å²) in [7, 11) is 0. The van der Waals surface area contributed by atoms with Crippen LogP contribution in [0, 0.1) is 0 Å². The van der Waals surface area contributed by atoms with Gasteiger partial charge in [-0.3, -0.25) is 4.79 Å². The van der Waals surface area contributed by atoms with Crippen LogP contribution in [0.2, 0.25) is 0 Å². The first kappa shape index (κ1) is 9.77. The molecule has 0 saturated carbocycles. The number of fused-ring (bicyclic) bond motifs is 1. The number of carbonyl (C=O) groups is 1. The van der Waals surface area contributed by atoms with E-state index in [2.05, 4.69) is 18.8 Å². The second-order valence-corrected chi connectivity index (χ2v) is 3.82. The predicted octanol–water partition coefficient (Wildman–Crippen LogP) is 2.83. The molecule has 0 saturated heterocycles. The summed E-state index contributed by atoms with van der Waals surface area (Å²) in [5.41, 5.74) is 2.28. The van der Waals surface area contributed by atoms with E-state index in [1.807, 2.05) is 24.4 Å². The third kappa shape index (κ3) is 1.73. The van der Waals surface area contributed by atoms with Gasteiger partial charge in [0.15, 0.2) is 0 Å². The number of hydrogen-bond acceptors (Lipinski definition) is 2. The van der Waals surface area contributed by atoms with E-state index in [1.165, 1.54) is 0 Å². The Hall–Kier alpha value is -1.77. The molecule has 2 aromatic rings. The van der Waals surface area contributed by atoms with Gasteiger partial charge in [-0.2, -0.15) is 0 Å². The maximum absolute atomic E-state index is 10.3. The van der Waals surface area contributed by atoms with Gasteiger partial charge >= 0.3 is 0 Å². The molecule has 2 rings (SSSR count). The quantitative estimate of drug-likeness (QED) is 0.779. The molecular weight excluding hydrogens is 190 g/mol. The maximum Gasteiger partial charge on any atom is 0.298 e. The van der Waals surface area contributed by atoms with E-state index in [0.29, 0.717) is 18.1 Å². The minimum Gasteiger partial charge on any atom is -0.429 e. The molecule has 0 fully saturated rings. The lowest BCUT2D eigenvalue weighted by Gasteiger charge is -2.09. The lowest BCUT2D eigenvalue weighted by atomic mass is 10.0. The number of hydrogen-bond donors (Lipinski definition) is 1. The van der Waals surface area contributed by atoms with Gasteiger partial charge in [-0.15, -0.1) is 0 Å². The molecule has 0 amide bonds. The van der Waals surface area contributed by atoms with Gasteiger partial charge in [0.25, 0.3) is 6.47 Å². The van der Waals surface area contributed by atoms with Crippen LogP contribution in [-0.2, 0) is 4.79 Å². The molecule has 15 heavy (non-hydrogen) atoms. The number of nitrogens with one attached hydrogen (secondary N) is 1. The molecule has 0 aliphatic carbocycles. The van der Waals surface area contributed by atoms with Gasteiger partial charge in [-0.1, -0.05) is 13.8 Å². The minimum absolute atomic E-state index is 0.390. The topological polar surface area (TPSA) is 42.1 Å². The van der Waals surface area contributed by atoms with E-state index < -0.39 is 0 Å². The highest BCUT2D eigenvalue weighted by Gasteiger charge is 2.08. The van der Waals surface area contributed by atoms with E-state index in [1.54, 1.807) is 0 Å². The highest BCUT2D eigenvalue weighted by molar-refractivity contribution is 5.85. The Labute approximate surface area is 88.1 Å². The fourth-order valence-electron chi connectivity index (χ4n) is 1.75. The van der Waals surface area contributed by atoms with Crippen molar-refractivity contribution in [2.45, 2.75) is 19.8 Å². The smallest absolute Gasteiger partial charge is 0.298 e. The third-order valence-corrected chi connectivity index (χ3v) is 2.47. The average molecular weight is 203 g/mol. The zero-order chi connectivity index (χ0) is 10.8. The van der Waals surface area contributed by atoms with Gasteiger partial charge in [-0.05, 0) is 29.7 Å². The molecular formula is C12H13NO2. The predicted molar refractivity (Wildman–Crippen MR) is 59.1 cm³/mol. The molecule has 3 heteroatoms. The lowest BCUT2D eigenvalue weighted by Crippen LogP contribution is -1.93. The number of carbonyl (C=O) groups excluding carboxylic acids is 1. The van der Waals surface area contributed by atoms with Crippen molar-refractivity contribution in [2.24, 2.45) is 0 Å². The fraction of sp³-hybridized carbons (Fsp3) is 0.250. The molecule has 0 spiro atoms. The number of ether oxygens (including phenoxy) is 1. The van der Waals surface area contributed by atoms with Crippen molar-refractivity contribution in [3.05, 3.63) is 30.0 Å². The zero-order valence-electron chi connectivity index (χ0n) is 8.78. The fourth-order valence-corrected chi connectivity index (χ4v) is 1.75. The molecule has 1 aromatic heterocycles. The second kappa shape index (κ2) is 3.77. The summed E-state index contributed by atoms with van der Waals surface area (Å²) in [6, 6.07) is 5.73. The number of H-pyrrole nitrogens is 1. The van der Waals surface area contributed by atoms with E-state index in [0.717, 1.165) is 16.5 Å². The molecule has 0 radical (unpaired) electrons. The van der Waals surface area contributed by atoms with Crippen LogP contribution in [0.5, 0.6) is 5.75 Å². The SMILES string of the molecule is CC(C)c1cc(OC=O)cc2cc[nH]c12. The van der Waals surface area contributed by atoms with E-state index in [9.17, 15) is 4.79 Å². The Morgan fingerprint density at radius 2 is 2.20 bits per heavy atom. The summed E-state index contributed by atoms with van der Waals surface area (Å²) in [4.78, 5) is 13.5. The molecule has 1 heterocycles. The third-order valence-electron chi connectivity index (χ3n) is 2.47. The minimum atomic E-state index is 0.390. The average Bonchev–Trinajstić information content (AvgIpc) is 2.64. The largest absolute Gasteiger partial charge is 0.429 e. The first-order valence-corrected chi connectivity index (χ1v) is 4.93. The maximum atomic E-state index is 10.3.